The van der Waals surface area contributed by atoms with Gasteiger partial charge in [0.15, 0.2) is 5.78 Å². The molecule has 0 radical (unpaired) electrons. The Morgan fingerprint density at radius 2 is 1.59 bits per heavy atom. The summed E-state index contributed by atoms with van der Waals surface area (Å²) in [5.41, 5.74) is 0.838. The van der Waals surface area contributed by atoms with Crippen molar-refractivity contribution in [2.75, 3.05) is 13.1 Å². The van der Waals surface area contributed by atoms with E-state index in [2.05, 4.69) is 21.2 Å². The lowest BCUT2D eigenvalue weighted by atomic mass is 9.90. The molecule has 0 aliphatic carbocycles. The summed E-state index contributed by atoms with van der Waals surface area (Å²) in [5.74, 6) is -2.25. The SMILES string of the molecule is O=C(O)C(F)(F)F.O=C(c1ccc(Br)cc1)C1CCNCC1. The second-order valence-electron chi connectivity index (χ2n) is 4.70. The van der Waals surface area contributed by atoms with Gasteiger partial charge in [-0.1, -0.05) is 28.1 Å². The van der Waals surface area contributed by atoms with Crippen LogP contribution in [0.4, 0.5) is 13.2 Å². The van der Waals surface area contributed by atoms with E-state index in [0.717, 1.165) is 36.0 Å². The molecule has 1 heterocycles. The predicted molar refractivity (Wildman–Crippen MR) is 77.8 cm³/mol. The molecule has 8 heteroatoms. The third-order valence-electron chi connectivity index (χ3n) is 3.08. The number of alkyl halides is 3. The van der Waals surface area contributed by atoms with Gasteiger partial charge in [-0.05, 0) is 38.1 Å². The molecule has 0 amide bonds. The number of hydrogen-bond acceptors (Lipinski definition) is 3. The summed E-state index contributed by atoms with van der Waals surface area (Å²) in [7, 11) is 0. The quantitative estimate of drug-likeness (QED) is 0.771. The van der Waals surface area contributed by atoms with Gasteiger partial charge in [0.05, 0.1) is 0 Å². The number of carboxylic acid groups (broad SMARTS) is 1. The lowest BCUT2D eigenvalue weighted by Crippen LogP contribution is -2.31. The Kier molecular flexibility index (Phi) is 7.02. The first-order valence-corrected chi connectivity index (χ1v) is 7.31. The van der Waals surface area contributed by atoms with Gasteiger partial charge in [0.1, 0.15) is 0 Å². The minimum atomic E-state index is -5.08. The molecule has 0 spiro atoms. The highest BCUT2D eigenvalue weighted by Gasteiger charge is 2.38. The van der Waals surface area contributed by atoms with Gasteiger partial charge in [-0.25, -0.2) is 4.79 Å². The van der Waals surface area contributed by atoms with Crippen LogP contribution in [0.2, 0.25) is 0 Å². The number of hydrogen-bond donors (Lipinski definition) is 2. The summed E-state index contributed by atoms with van der Waals surface area (Å²) < 4.78 is 32.8. The largest absolute Gasteiger partial charge is 0.490 e. The number of piperidine rings is 1. The number of carbonyl (C=O) groups excluding carboxylic acids is 1. The van der Waals surface area contributed by atoms with E-state index in [1.54, 1.807) is 0 Å². The maximum Gasteiger partial charge on any atom is 0.490 e. The van der Waals surface area contributed by atoms with Crippen LogP contribution in [0.5, 0.6) is 0 Å². The average molecular weight is 382 g/mol. The van der Waals surface area contributed by atoms with Gasteiger partial charge < -0.3 is 10.4 Å². The highest BCUT2D eigenvalue weighted by atomic mass is 79.9. The highest BCUT2D eigenvalue weighted by molar-refractivity contribution is 9.10. The molecule has 122 valence electrons. The van der Waals surface area contributed by atoms with Crippen molar-refractivity contribution in [3.05, 3.63) is 34.3 Å². The molecule has 1 saturated heterocycles. The van der Waals surface area contributed by atoms with E-state index in [-0.39, 0.29) is 5.92 Å². The molecule has 1 aromatic rings. The van der Waals surface area contributed by atoms with Crippen molar-refractivity contribution in [2.45, 2.75) is 19.0 Å². The number of aliphatic carboxylic acids is 1. The zero-order valence-electron chi connectivity index (χ0n) is 11.5. The van der Waals surface area contributed by atoms with E-state index < -0.39 is 12.1 Å². The second kappa shape index (κ2) is 8.28. The standard InChI is InChI=1S/C12H14BrNO.C2HF3O2/c13-11-3-1-9(2-4-11)12(15)10-5-7-14-8-6-10;3-2(4,5)1(6)7/h1-4,10,14H,5-8H2;(H,6,7). The summed E-state index contributed by atoms with van der Waals surface area (Å²) in [4.78, 5) is 21.0. The Hall–Kier alpha value is -1.41. The molecular formula is C14H15BrF3NO3. The molecule has 1 aliphatic rings. The van der Waals surface area contributed by atoms with Crippen LogP contribution in [0.25, 0.3) is 0 Å². The minimum absolute atomic E-state index is 0.215. The molecule has 0 bridgehead atoms. The molecule has 1 aliphatic heterocycles. The van der Waals surface area contributed by atoms with Crippen molar-refractivity contribution in [2.24, 2.45) is 5.92 Å². The number of nitrogens with one attached hydrogen (secondary N) is 1. The van der Waals surface area contributed by atoms with E-state index in [1.807, 2.05) is 24.3 Å². The Morgan fingerprint density at radius 1 is 1.14 bits per heavy atom. The third-order valence-corrected chi connectivity index (χ3v) is 3.61. The highest BCUT2D eigenvalue weighted by Crippen LogP contribution is 2.19. The Balaban J connectivity index is 0.000000295. The molecule has 0 aromatic heterocycles. The molecule has 22 heavy (non-hydrogen) atoms. The van der Waals surface area contributed by atoms with Gasteiger partial charge >= 0.3 is 12.1 Å². The third kappa shape index (κ3) is 6.15. The summed E-state index contributed by atoms with van der Waals surface area (Å²) in [6, 6.07) is 7.64. The summed E-state index contributed by atoms with van der Waals surface area (Å²) in [6.07, 6.45) is -3.15. The number of ketones is 1. The van der Waals surface area contributed by atoms with Gasteiger partial charge in [-0.15, -0.1) is 0 Å². The average Bonchev–Trinajstić information content (AvgIpc) is 2.48. The van der Waals surface area contributed by atoms with E-state index in [4.69, 9.17) is 9.90 Å². The molecule has 2 N–H and O–H groups in total. The van der Waals surface area contributed by atoms with E-state index in [0.29, 0.717) is 5.78 Å². The fourth-order valence-corrected chi connectivity index (χ4v) is 2.20. The number of Topliss-reactive ketones (excluding diaryl/α,β-unsaturated/α-hetero) is 1. The van der Waals surface area contributed by atoms with Crippen LogP contribution in [0, 0.1) is 5.92 Å². The lowest BCUT2D eigenvalue weighted by Gasteiger charge is -2.21. The normalized spacial score (nSPS) is 15.6. The number of halogens is 4. The number of carbonyl (C=O) groups is 2. The molecule has 1 aromatic carbocycles. The van der Waals surface area contributed by atoms with Crippen molar-refractivity contribution >= 4 is 27.7 Å². The van der Waals surface area contributed by atoms with Crippen LogP contribution in [0.3, 0.4) is 0 Å². The van der Waals surface area contributed by atoms with Gasteiger partial charge in [-0.3, -0.25) is 4.79 Å². The molecular weight excluding hydrogens is 367 g/mol. The van der Waals surface area contributed by atoms with Crippen LogP contribution in [-0.4, -0.2) is 36.1 Å². The molecule has 0 unspecified atom stereocenters. The molecule has 0 saturated carbocycles. The maximum absolute atomic E-state index is 12.1. The van der Waals surface area contributed by atoms with E-state index in [1.165, 1.54) is 0 Å². The van der Waals surface area contributed by atoms with Gasteiger partial charge in [-0.2, -0.15) is 13.2 Å². The smallest absolute Gasteiger partial charge is 0.475 e. The molecule has 2 rings (SSSR count). The lowest BCUT2D eigenvalue weighted by molar-refractivity contribution is -0.192. The minimum Gasteiger partial charge on any atom is -0.475 e. The number of benzene rings is 1. The topological polar surface area (TPSA) is 66.4 Å². The number of rotatable bonds is 2. The Labute approximate surface area is 133 Å². The fraction of sp³-hybridized carbons (Fsp3) is 0.429. The summed E-state index contributed by atoms with van der Waals surface area (Å²) in [5, 5.41) is 10.4. The van der Waals surface area contributed by atoms with E-state index in [9.17, 15) is 18.0 Å². The first-order chi connectivity index (χ1) is 10.2. The van der Waals surface area contributed by atoms with Gasteiger partial charge in [0, 0.05) is 16.0 Å². The Bertz CT molecular complexity index is 511. The zero-order chi connectivity index (χ0) is 16.8. The van der Waals surface area contributed by atoms with Crippen molar-refractivity contribution in [3.63, 3.8) is 0 Å². The molecule has 0 atom stereocenters. The first kappa shape index (κ1) is 18.6. The molecule has 4 nitrogen and oxygen atoms in total. The van der Waals surface area contributed by atoms with Crippen LogP contribution < -0.4 is 5.32 Å². The summed E-state index contributed by atoms with van der Waals surface area (Å²) in [6.45, 7) is 1.93. The molecule has 1 fully saturated rings. The zero-order valence-corrected chi connectivity index (χ0v) is 13.1. The second-order valence-corrected chi connectivity index (χ2v) is 5.61. The van der Waals surface area contributed by atoms with Crippen LogP contribution >= 0.6 is 15.9 Å². The van der Waals surface area contributed by atoms with Crippen molar-refractivity contribution < 1.29 is 27.9 Å². The summed E-state index contributed by atoms with van der Waals surface area (Å²) >= 11 is 3.37. The van der Waals surface area contributed by atoms with Crippen molar-refractivity contribution in [3.8, 4) is 0 Å². The van der Waals surface area contributed by atoms with Gasteiger partial charge in [0.2, 0.25) is 0 Å². The number of carboxylic acids is 1. The Morgan fingerprint density at radius 3 is 2.00 bits per heavy atom. The fourth-order valence-electron chi connectivity index (χ4n) is 1.93. The first-order valence-electron chi connectivity index (χ1n) is 6.52. The maximum atomic E-state index is 12.1. The van der Waals surface area contributed by atoms with Gasteiger partial charge in [0.25, 0.3) is 0 Å². The van der Waals surface area contributed by atoms with Crippen molar-refractivity contribution in [1.29, 1.82) is 0 Å². The predicted octanol–water partition coefficient (Wildman–Crippen LogP) is 3.26. The van der Waals surface area contributed by atoms with Crippen molar-refractivity contribution in [1.82, 2.24) is 5.32 Å². The monoisotopic (exact) mass is 381 g/mol. The van der Waals surface area contributed by atoms with Crippen LogP contribution in [-0.2, 0) is 4.79 Å². The van der Waals surface area contributed by atoms with Crippen LogP contribution in [0.1, 0.15) is 23.2 Å². The van der Waals surface area contributed by atoms with Crippen LogP contribution in [0.15, 0.2) is 28.7 Å². The van der Waals surface area contributed by atoms with E-state index >= 15 is 0 Å².